The van der Waals surface area contributed by atoms with Crippen LogP contribution in [0.4, 0.5) is 0 Å². The lowest BCUT2D eigenvalue weighted by atomic mass is 10.1. The van der Waals surface area contributed by atoms with Crippen LogP contribution in [0, 0.1) is 0 Å². The molecule has 7 heteroatoms. The Kier molecular flexibility index (Phi) is 4.19. The highest BCUT2D eigenvalue weighted by atomic mass is 35.5. The van der Waals surface area contributed by atoms with E-state index in [4.69, 9.17) is 23.2 Å². The van der Waals surface area contributed by atoms with Crippen LogP contribution < -0.4 is 0 Å². The van der Waals surface area contributed by atoms with Crippen molar-refractivity contribution in [3.8, 4) is 16.9 Å². The van der Waals surface area contributed by atoms with Gasteiger partial charge in [0.15, 0.2) is 15.0 Å². The Labute approximate surface area is 144 Å². The van der Waals surface area contributed by atoms with E-state index < -0.39 is 9.84 Å². The first-order chi connectivity index (χ1) is 10.8. The molecule has 23 heavy (non-hydrogen) atoms. The maximum Gasteiger partial charge on any atom is 0.175 e. The summed E-state index contributed by atoms with van der Waals surface area (Å²) >= 11 is 12.0. The molecule has 1 aromatic heterocycles. The van der Waals surface area contributed by atoms with Crippen LogP contribution >= 0.6 is 23.2 Å². The first kappa shape index (κ1) is 16.1. The first-order valence-electron chi connectivity index (χ1n) is 6.66. The Morgan fingerprint density at radius 2 is 1.57 bits per heavy atom. The average Bonchev–Trinajstić information content (AvgIpc) is 2.89. The summed E-state index contributed by atoms with van der Waals surface area (Å²) in [6, 6.07) is 15.5. The Morgan fingerprint density at radius 1 is 0.957 bits per heavy atom. The molecule has 3 aromatic rings. The van der Waals surface area contributed by atoms with Gasteiger partial charge < -0.3 is 0 Å². The zero-order valence-corrected chi connectivity index (χ0v) is 14.4. The lowest BCUT2D eigenvalue weighted by Gasteiger charge is -2.08. The van der Waals surface area contributed by atoms with Gasteiger partial charge in [0.05, 0.1) is 16.3 Å². The molecule has 0 aliphatic rings. The summed E-state index contributed by atoms with van der Waals surface area (Å²) in [6.07, 6.45) is 1.18. The number of hydrogen-bond donors (Lipinski definition) is 0. The number of rotatable bonds is 3. The summed E-state index contributed by atoms with van der Waals surface area (Å²) in [5.41, 5.74) is 2.38. The minimum Gasteiger partial charge on any atom is -0.232 e. The highest BCUT2D eigenvalue weighted by Gasteiger charge is 2.12. The fourth-order valence-electron chi connectivity index (χ4n) is 2.21. The van der Waals surface area contributed by atoms with Crippen molar-refractivity contribution in [2.24, 2.45) is 0 Å². The molecule has 0 atom stereocenters. The minimum atomic E-state index is -3.23. The molecule has 0 saturated carbocycles. The van der Waals surface area contributed by atoms with Gasteiger partial charge in [-0.1, -0.05) is 35.3 Å². The summed E-state index contributed by atoms with van der Waals surface area (Å²) < 4.78 is 24.8. The van der Waals surface area contributed by atoms with Crippen LogP contribution in [0.2, 0.25) is 10.2 Å². The fourth-order valence-corrected chi connectivity index (χ4v) is 3.15. The molecule has 1 heterocycles. The first-order valence-corrected chi connectivity index (χ1v) is 9.31. The molecule has 0 saturated heterocycles. The standard InChI is InChI=1S/C16H12Cl2N2O2S/c1-23(21,22)14-8-2-11(3-9-14)15-10-16(18)19-20(15)13-6-4-12(17)5-7-13/h2-10H,1H3. The van der Waals surface area contributed by atoms with Crippen LogP contribution in [0.15, 0.2) is 59.5 Å². The predicted octanol–water partition coefficient (Wildman–Crippen LogP) is 4.25. The lowest BCUT2D eigenvalue weighted by molar-refractivity contribution is 0.602. The zero-order valence-electron chi connectivity index (χ0n) is 12.1. The molecule has 0 spiro atoms. The lowest BCUT2D eigenvalue weighted by Crippen LogP contribution is -2.00. The second-order valence-corrected chi connectivity index (χ2v) is 7.88. The van der Waals surface area contributed by atoms with Gasteiger partial charge in [0.1, 0.15) is 0 Å². The molecule has 3 rings (SSSR count). The van der Waals surface area contributed by atoms with Gasteiger partial charge in [0.25, 0.3) is 0 Å². The molecular formula is C16H12Cl2N2O2S. The summed E-state index contributed by atoms with van der Waals surface area (Å²) in [5, 5.41) is 5.26. The molecular weight excluding hydrogens is 355 g/mol. The SMILES string of the molecule is CS(=O)(=O)c1ccc(-c2cc(Cl)nn2-c2ccc(Cl)cc2)cc1. The maximum absolute atomic E-state index is 11.6. The van der Waals surface area contributed by atoms with Crippen LogP contribution in [0.1, 0.15) is 0 Å². The van der Waals surface area contributed by atoms with Crippen molar-refractivity contribution in [3.63, 3.8) is 0 Å². The van der Waals surface area contributed by atoms with Crippen molar-refractivity contribution in [2.45, 2.75) is 4.90 Å². The molecule has 118 valence electrons. The van der Waals surface area contributed by atoms with E-state index in [1.807, 2.05) is 12.1 Å². The summed E-state index contributed by atoms with van der Waals surface area (Å²) in [5.74, 6) is 0. The quantitative estimate of drug-likeness (QED) is 0.696. The zero-order chi connectivity index (χ0) is 16.6. The Bertz CT molecular complexity index is 947. The normalized spacial score (nSPS) is 11.6. The van der Waals surface area contributed by atoms with Gasteiger partial charge in [-0.05, 0) is 36.4 Å². The molecule has 0 unspecified atom stereocenters. The molecule has 0 amide bonds. The van der Waals surface area contributed by atoms with E-state index in [1.54, 1.807) is 47.1 Å². The van der Waals surface area contributed by atoms with Crippen LogP contribution in [0.3, 0.4) is 0 Å². The van der Waals surface area contributed by atoms with Gasteiger partial charge in [0, 0.05) is 22.9 Å². The second kappa shape index (κ2) is 6.00. The van der Waals surface area contributed by atoms with Crippen LogP contribution in [-0.4, -0.2) is 24.5 Å². The number of nitrogens with zero attached hydrogens (tertiary/aromatic N) is 2. The molecule has 2 aromatic carbocycles. The maximum atomic E-state index is 11.6. The summed E-state index contributed by atoms with van der Waals surface area (Å²) in [4.78, 5) is 0.268. The Morgan fingerprint density at radius 3 is 2.13 bits per heavy atom. The van der Waals surface area contributed by atoms with Crippen molar-refractivity contribution < 1.29 is 8.42 Å². The van der Waals surface area contributed by atoms with Gasteiger partial charge in [-0.25, -0.2) is 13.1 Å². The van der Waals surface area contributed by atoms with E-state index in [0.29, 0.717) is 10.2 Å². The molecule has 0 radical (unpaired) electrons. The van der Waals surface area contributed by atoms with E-state index in [1.165, 1.54) is 6.26 Å². The van der Waals surface area contributed by atoms with E-state index in [9.17, 15) is 8.42 Å². The van der Waals surface area contributed by atoms with E-state index >= 15 is 0 Å². The van der Waals surface area contributed by atoms with E-state index in [-0.39, 0.29) is 4.90 Å². The number of halogens is 2. The third-order valence-electron chi connectivity index (χ3n) is 3.33. The average molecular weight is 367 g/mol. The van der Waals surface area contributed by atoms with Gasteiger partial charge in [-0.3, -0.25) is 0 Å². The molecule has 0 aliphatic carbocycles. The fraction of sp³-hybridized carbons (Fsp3) is 0.0625. The van der Waals surface area contributed by atoms with Gasteiger partial charge in [0.2, 0.25) is 0 Å². The van der Waals surface area contributed by atoms with Crippen LogP contribution in [0.25, 0.3) is 16.9 Å². The van der Waals surface area contributed by atoms with Crippen molar-refractivity contribution in [1.29, 1.82) is 0 Å². The van der Waals surface area contributed by atoms with E-state index in [2.05, 4.69) is 5.10 Å². The molecule has 0 aliphatic heterocycles. The highest BCUT2D eigenvalue weighted by molar-refractivity contribution is 7.90. The van der Waals surface area contributed by atoms with Gasteiger partial charge in [-0.15, -0.1) is 0 Å². The van der Waals surface area contributed by atoms with Crippen molar-refractivity contribution in [1.82, 2.24) is 9.78 Å². The predicted molar refractivity (Wildman–Crippen MR) is 92.1 cm³/mol. The topological polar surface area (TPSA) is 52.0 Å². The molecule has 0 fully saturated rings. The van der Waals surface area contributed by atoms with Crippen LogP contribution in [-0.2, 0) is 9.84 Å². The molecule has 0 bridgehead atoms. The van der Waals surface area contributed by atoms with Crippen molar-refractivity contribution >= 4 is 33.0 Å². The minimum absolute atomic E-state index is 0.268. The van der Waals surface area contributed by atoms with E-state index in [0.717, 1.165) is 16.9 Å². The summed E-state index contributed by atoms with van der Waals surface area (Å²) in [7, 11) is -3.23. The van der Waals surface area contributed by atoms with Gasteiger partial charge in [-0.2, -0.15) is 5.10 Å². The number of hydrogen-bond acceptors (Lipinski definition) is 3. The number of benzene rings is 2. The van der Waals surface area contributed by atoms with Crippen molar-refractivity contribution in [3.05, 3.63) is 64.8 Å². The molecule has 4 nitrogen and oxygen atoms in total. The third kappa shape index (κ3) is 3.42. The largest absolute Gasteiger partial charge is 0.232 e. The smallest absolute Gasteiger partial charge is 0.175 e. The number of sulfone groups is 1. The monoisotopic (exact) mass is 366 g/mol. The van der Waals surface area contributed by atoms with Crippen LogP contribution in [0.5, 0.6) is 0 Å². The summed E-state index contributed by atoms with van der Waals surface area (Å²) in [6.45, 7) is 0. The second-order valence-electron chi connectivity index (χ2n) is 5.04. The third-order valence-corrected chi connectivity index (χ3v) is 4.89. The Balaban J connectivity index is 2.09. The van der Waals surface area contributed by atoms with Gasteiger partial charge >= 0.3 is 0 Å². The van der Waals surface area contributed by atoms with Crippen molar-refractivity contribution in [2.75, 3.05) is 6.26 Å². The number of aromatic nitrogens is 2. The highest BCUT2D eigenvalue weighted by Crippen LogP contribution is 2.27. The Hall–Kier alpha value is -1.82. The molecule has 0 N–H and O–H groups in total.